The SMILES string of the molecule is CCOC(=O)c1ccc(NC(=O)CSc2nnc(NC(=O)NC3CCCCC3)s2)cc1. The monoisotopic (exact) mass is 463 g/mol. The molecule has 1 fully saturated rings. The second kappa shape index (κ2) is 11.7. The van der Waals surface area contributed by atoms with Gasteiger partial charge in [-0.15, -0.1) is 10.2 Å². The third kappa shape index (κ3) is 7.51. The Bertz CT molecular complexity index is 897. The van der Waals surface area contributed by atoms with Crippen LogP contribution in [0.4, 0.5) is 15.6 Å². The Morgan fingerprint density at radius 2 is 1.84 bits per heavy atom. The fourth-order valence-electron chi connectivity index (χ4n) is 3.11. The lowest BCUT2D eigenvalue weighted by Gasteiger charge is -2.22. The maximum Gasteiger partial charge on any atom is 0.338 e. The van der Waals surface area contributed by atoms with Crippen LogP contribution in [0.3, 0.4) is 0 Å². The number of urea groups is 1. The van der Waals surface area contributed by atoms with E-state index in [9.17, 15) is 14.4 Å². The minimum atomic E-state index is -0.399. The van der Waals surface area contributed by atoms with E-state index in [0.717, 1.165) is 25.7 Å². The van der Waals surface area contributed by atoms with Gasteiger partial charge >= 0.3 is 12.0 Å². The van der Waals surface area contributed by atoms with Crippen LogP contribution in [0.1, 0.15) is 49.4 Å². The first kappa shape index (κ1) is 23.0. The standard InChI is InChI=1S/C20H25N5O4S2/c1-2-29-17(27)13-8-10-15(11-9-13)21-16(26)12-30-20-25-24-19(31-20)23-18(28)22-14-6-4-3-5-7-14/h8-11,14H,2-7,12H2,1H3,(H,21,26)(H2,22,23,24,28). The summed E-state index contributed by atoms with van der Waals surface area (Å²) >= 11 is 2.45. The number of esters is 1. The number of anilines is 2. The van der Waals surface area contributed by atoms with E-state index < -0.39 is 5.97 Å². The van der Waals surface area contributed by atoms with Crippen LogP contribution in [-0.2, 0) is 9.53 Å². The van der Waals surface area contributed by atoms with Crippen molar-refractivity contribution in [3.63, 3.8) is 0 Å². The lowest BCUT2D eigenvalue weighted by Crippen LogP contribution is -2.38. The van der Waals surface area contributed by atoms with Gasteiger partial charge in [-0.3, -0.25) is 10.1 Å². The number of thioether (sulfide) groups is 1. The minimum absolute atomic E-state index is 0.141. The molecule has 1 aliphatic carbocycles. The van der Waals surface area contributed by atoms with E-state index in [4.69, 9.17) is 4.74 Å². The van der Waals surface area contributed by atoms with Crippen molar-refractivity contribution in [2.75, 3.05) is 23.0 Å². The van der Waals surface area contributed by atoms with Crippen LogP contribution in [0, 0.1) is 0 Å². The van der Waals surface area contributed by atoms with E-state index in [2.05, 4.69) is 26.1 Å². The number of amides is 3. The average molecular weight is 464 g/mol. The zero-order valence-electron chi connectivity index (χ0n) is 17.2. The van der Waals surface area contributed by atoms with Gasteiger partial charge in [-0.05, 0) is 44.0 Å². The Morgan fingerprint density at radius 1 is 1.10 bits per heavy atom. The molecule has 0 saturated heterocycles. The molecule has 1 saturated carbocycles. The first-order chi connectivity index (χ1) is 15.0. The predicted molar refractivity (Wildman–Crippen MR) is 121 cm³/mol. The molecule has 1 aromatic carbocycles. The number of carbonyl (C=O) groups is 3. The van der Waals surface area contributed by atoms with Gasteiger partial charge in [-0.25, -0.2) is 9.59 Å². The van der Waals surface area contributed by atoms with Gasteiger partial charge in [-0.2, -0.15) is 0 Å². The summed E-state index contributed by atoms with van der Waals surface area (Å²) in [4.78, 5) is 35.9. The van der Waals surface area contributed by atoms with Crippen LogP contribution in [0.25, 0.3) is 0 Å². The first-order valence-corrected chi connectivity index (χ1v) is 11.9. The molecule has 0 spiro atoms. The predicted octanol–water partition coefficient (Wildman–Crippen LogP) is 3.90. The molecule has 11 heteroatoms. The van der Waals surface area contributed by atoms with Crippen LogP contribution >= 0.6 is 23.1 Å². The van der Waals surface area contributed by atoms with E-state index >= 15 is 0 Å². The smallest absolute Gasteiger partial charge is 0.338 e. The topological polar surface area (TPSA) is 122 Å². The van der Waals surface area contributed by atoms with Crippen molar-refractivity contribution in [3.8, 4) is 0 Å². The number of aromatic nitrogens is 2. The molecular weight excluding hydrogens is 438 g/mol. The van der Waals surface area contributed by atoms with E-state index in [1.54, 1.807) is 31.2 Å². The maximum absolute atomic E-state index is 12.2. The summed E-state index contributed by atoms with van der Waals surface area (Å²) in [5.74, 6) is -0.472. The second-order valence-corrected chi connectivity index (χ2v) is 9.14. The fraction of sp³-hybridized carbons (Fsp3) is 0.450. The molecule has 1 heterocycles. The molecule has 0 atom stereocenters. The van der Waals surface area contributed by atoms with Crippen molar-refractivity contribution in [2.45, 2.75) is 49.4 Å². The number of benzene rings is 1. The largest absolute Gasteiger partial charge is 0.462 e. The number of hydrogen-bond donors (Lipinski definition) is 3. The number of carbonyl (C=O) groups excluding carboxylic acids is 3. The van der Waals surface area contributed by atoms with E-state index in [0.29, 0.717) is 27.3 Å². The van der Waals surface area contributed by atoms with Crippen LogP contribution in [0.15, 0.2) is 28.6 Å². The van der Waals surface area contributed by atoms with E-state index in [1.807, 2.05) is 0 Å². The van der Waals surface area contributed by atoms with Crippen molar-refractivity contribution >= 4 is 51.8 Å². The summed E-state index contributed by atoms with van der Waals surface area (Å²) in [5, 5.41) is 16.8. The zero-order valence-corrected chi connectivity index (χ0v) is 18.8. The molecule has 31 heavy (non-hydrogen) atoms. The van der Waals surface area contributed by atoms with Gasteiger partial charge in [0.1, 0.15) is 0 Å². The number of nitrogens with zero attached hydrogens (tertiary/aromatic N) is 2. The number of ether oxygens (including phenoxy) is 1. The first-order valence-electron chi connectivity index (χ1n) is 10.1. The quantitative estimate of drug-likeness (QED) is 0.308. The lowest BCUT2D eigenvalue weighted by atomic mass is 9.96. The summed E-state index contributed by atoms with van der Waals surface area (Å²) in [6, 6.07) is 6.43. The average Bonchev–Trinajstić information content (AvgIpc) is 3.21. The molecule has 1 aromatic heterocycles. The van der Waals surface area contributed by atoms with Gasteiger partial charge in [0.05, 0.1) is 17.9 Å². The Morgan fingerprint density at radius 3 is 2.55 bits per heavy atom. The summed E-state index contributed by atoms with van der Waals surface area (Å²) < 4.78 is 5.51. The highest BCUT2D eigenvalue weighted by molar-refractivity contribution is 8.01. The van der Waals surface area contributed by atoms with Crippen LogP contribution in [0.2, 0.25) is 0 Å². The molecular formula is C20H25N5O4S2. The minimum Gasteiger partial charge on any atom is -0.462 e. The van der Waals surface area contributed by atoms with Gasteiger partial charge in [0.25, 0.3) is 0 Å². The van der Waals surface area contributed by atoms with Gasteiger partial charge in [0.15, 0.2) is 4.34 Å². The lowest BCUT2D eigenvalue weighted by molar-refractivity contribution is -0.113. The number of nitrogens with one attached hydrogen (secondary N) is 3. The zero-order chi connectivity index (χ0) is 22.1. The van der Waals surface area contributed by atoms with E-state index in [1.165, 1.54) is 29.5 Å². The van der Waals surface area contributed by atoms with Crippen LogP contribution in [-0.4, -0.2) is 46.5 Å². The van der Waals surface area contributed by atoms with Crippen LogP contribution < -0.4 is 16.0 Å². The molecule has 3 amide bonds. The second-order valence-electron chi connectivity index (χ2n) is 6.94. The molecule has 3 N–H and O–H groups in total. The van der Waals surface area contributed by atoms with Crippen molar-refractivity contribution in [1.82, 2.24) is 15.5 Å². The highest BCUT2D eigenvalue weighted by Crippen LogP contribution is 2.26. The molecule has 0 bridgehead atoms. The van der Waals surface area contributed by atoms with Crippen molar-refractivity contribution < 1.29 is 19.1 Å². The normalized spacial score (nSPS) is 14.0. The van der Waals surface area contributed by atoms with Gasteiger partial charge in [0.2, 0.25) is 11.0 Å². The van der Waals surface area contributed by atoms with Crippen molar-refractivity contribution in [3.05, 3.63) is 29.8 Å². The molecule has 166 valence electrons. The van der Waals surface area contributed by atoms with Crippen molar-refractivity contribution in [1.29, 1.82) is 0 Å². The Hall–Kier alpha value is -2.66. The maximum atomic E-state index is 12.2. The van der Waals surface area contributed by atoms with Gasteiger partial charge in [-0.1, -0.05) is 42.4 Å². The van der Waals surface area contributed by atoms with E-state index in [-0.39, 0.29) is 23.7 Å². The Labute approximate surface area is 188 Å². The summed E-state index contributed by atoms with van der Waals surface area (Å²) in [6.07, 6.45) is 5.52. The summed E-state index contributed by atoms with van der Waals surface area (Å²) in [7, 11) is 0. The van der Waals surface area contributed by atoms with Crippen molar-refractivity contribution in [2.24, 2.45) is 0 Å². The summed E-state index contributed by atoms with van der Waals surface area (Å²) in [5.41, 5.74) is 1.01. The fourth-order valence-corrected chi connectivity index (χ4v) is 4.66. The van der Waals surface area contributed by atoms with Crippen LogP contribution in [0.5, 0.6) is 0 Å². The Balaban J connectivity index is 1.41. The summed E-state index contributed by atoms with van der Waals surface area (Å²) in [6.45, 7) is 2.05. The Kier molecular flexibility index (Phi) is 8.65. The molecule has 0 radical (unpaired) electrons. The number of rotatable bonds is 8. The molecule has 9 nitrogen and oxygen atoms in total. The third-order valence-electron chi connectivity index (χ3n) is 4.57. The van der Waals surface area contributed by atoms with Gasteiger partial charge < -0.3 is 15.4 Å². The molecule has 1 aliphatic rings. The number of hydrogen-bond acceptors (Lipinski definition) is 8. The molecule has 0 aliphatic heterocycles. The highest BCUT2D eigenvalue weighted by atomic mass is 32.2. The van der Waals surface area contributed by atoms with Gasteiger partial charge in [0, 0.05) is 11.7 Å². The molecule has 3 rings (SSSR count). The molecule has 2 aromatic rings. The highest BCUT2D eigenvalue weighted by Gasteiger charge is 2.17. The molecule has 0 unspecified atom stereocenters. The third-order valence-corrected chi connectivity index (χ3v) is 6.55.